The Bertz CT molecular complexity index is 871. The van der Waals surface area contributed by atoms with Gasteiger partial charge in [-0.05, 0) is 65.1 Å². The molecule has 2 heterocycles. The number of rotatable bonds is 2. The van der Waals surface area contributed by atoms with E-state index in [1.54, 1.807) is 16.8 Å². The Morgan fingerprint density at radius 2 is 1.79 bits per heavy atom. The Hall–Kier alpha value is -2.76. The van der Waals surface area contributed by atoms with Crippen LogP contribution in [0.3, 0.4) is 0 Å². The van der Waals surface area contributed by atoms with Gasteiger partial charge < -0.3 is 5.32 Å². The lowest BCUT2D eigenvalue weighted by molar-refractivity contribution is 0.423. The van der Waals surface area contributed by atoms with Gasteiger partial charge in [-0.2, -0.15) is 0 Å². The number of nitrogens with zero attached hydrogens (tertiary/aromatic N) is 4. The van der Waals surface area contributed by atoms with Crippen LogP contribution in [0.1, 0.15) is 40.8 Å². The average Bonchev–Trinajstić information content (AvgIpc) is 3.06. The first-order valence-electron chi connectivity index (χ1n) is 7.99. The third kappa shape index (κ3) is 2.54. The summed E-state index contributed by atoms with van der Waals surface area (Å²) in [5.41, 5.74) is 4.74. The molecule has 0 bridgehead atoms. The number of anilines is 1. The smallest absolute Gasteiger partial charge is 0.243 e. The summed E-state index contributed by atoms with van der Waals surface area (Å²) in [5, 5.41) is 15.4. The van der Waals surface area contributed by atoms with Crippen LogP contribution in [0.2, 0.25) is 0 Å². The van der Waals surface area contributed by atoms with Crippen molar-refractivity contribution in [3.63, 3.8) is 0 Å². The highest BCUT2D eigenvalue weighted by molar-refractivity contribution is 5.40. The molecule has 1 aromatic heterocycles. The summed E-state index contributed by atoms with van der Waals surface area (Å²) >= 11 is 0. The van der Waals surface area contributed by atoms with Gasteiger partial charge in [-0.25, -0.2) is 9.07 Å². The highest BCUT2D eigenvalue weighted by Gasteiger charge is 2.30. The van der Waals surface area contributed by atoms with Crippen LogP contribution < -0.4 is 5.32 Å². The van der Waals surface area contributed by atoms with Gasteiger partial charge in [0.1, 0.15) is 5.82 Å². The lowest BCUT2D eigenvalue weighted by Crippen LogP contribution is -2.28. The first-order valence-corrected chi connectivity index (χ1v) is 7.99. The van der Waals surface area contributed by atoms with Crippen molar-refractivity contribution < 1.29 is 4.39 Å². The number of aromatic nitrogens is 4. The lowest BCUT2D eigenvalue weighted by atomic mass is 9.92. The van der Waals surface area contributed by atoms with Gasteiger partial charge in [-0.1, -0.05) is 35.4 Å². The van der Waals surface area contributed by atoms with Gasteiger partial charge in [0, 0.05) is 0 Å². The number of hydrogen-bond donors (Lipinski definition) is 1. The SMILES string of the molecule is Cc1ccc([C@H]2C[C@H](c3ccc(F)cc3)n3nnnc3N2)cc1C. The van der Waals surface area contributed by atoms with Gasteiger partial charge in [-0.3, -0.25) is 0 Å². The highest BCUT2D eigenvalue weighted by atomic mass is 19.1. The molecule has 3 aromatic rings. The molecule has 0 saturated carbocycles. The summed E-state index contributed by atoms with van der Waals surface area (Å²) in [6, 6.07) is 13.1. The van der Waals surface area contributed by atoms with Gasteiger partial charge in [0.25, 0.3) is 0 Å². The largest absolute Gasteiger partial charge is 0.346 e. The molecule has 2 aromatic carbocycles. The van der Waals surface area contributed by atoms with Crippen LogP contribution in [0.5, 0.6) is 0 Å². The second kappa shape index (κ2) is 5.70. The van der Waals surface area contributed by atoms with E-state index in [2.05, 4.69) is 52.9 Å². The molecule has 5 nitrogen and oxygen atoms in total. The van der Waals surface area contributed by atoms with E-state index in [0.717, 1.165) is 12.0 Å². The molecule has 0 radical (unpaired) electrons. The summed E-state index contributed by atoms with van der Waals surface area (Å²) in [6.45, 7) is 4.22. The Balaban J connectivity index is 1.72. The molecule has 0 spiro atoms. The van der Waals surface area contributed by atoms with Crippen LogP contribution in [0.25, 0.3) is 0 Å². The average molecular weight is 323 g/mol. The van der Waals surface area contributed by atoms with Crippen molar-refractivity contribution in [1.29, 1.82) is 0 Å². The zero-order valence-electron chi connectivity index (χ0n) is 13.6. The summed E-state index contributed by atoms with van der Waals surface area (Å²) in [4.78, 5) is 0. The van der Waals surface area contributed by atoms with Gasteiger partial charge in [0.05, 0.1) is 12.1 Å². The second-order valence-corrected chi connectivity index (χ2v) is 6.29. The normalized spacial score (nSPS) is 19.6. The molecule has 1 aliphatic heterocycles. The molecular formula is C18H18FN5. The summed E-state index contributed by atoms with van der Waals surface area (Å²) in [7, 11) is 0. The maximum atomic E-state index is 13.3. The van der Waals surface area contributed by atoms with Crippen molar-refractivity contribution >= 4 is 5.95 Å². The molecule has 1 N–H and O–H groups in total. The molecular weight excluding hydrogens is 305 g/mol. The van der Waals surface area contributed by atoms with E-state index in [0.29, 0.717) is 5.95 Å². The maximum Gasteiger partial charge on any atom is 0.243 e. The number of aryl methyl sites for hydroxylation is 2. The van der Waals surface area contributed by atoms with Crippen LogP contribution in [0.15, 0.2) is 42.5 Å². The van der Waals surface area contributed by atoms with Crippen LogP contribution in [0, 0.1) is 19.7 Å². The quantitative estimate of drug-likeness (QED) is 0.783. The molecule has 0 aliphatic carbocycles. The van der Waals surface area contributed by atoms with E-state index in [4.69, 9.17) is 0 Å². The lowest BCUT2D eigenvalue weighted by Gasteiger charge is -2.31. The Kier molecular flexibility index (Phi) is 3.52. The van der Waals surface area contributed by atoms with Crippen molar-refractivity contribution in [1.82, 2.24) is 20.2 Å². The second-order valence-electron chi connectivity index (χ2n) is 6.29. The van der Waals surface area contributed by atoms with Gasteiger partial charge in [-0.15, -0.1) is 0 Å². The minimum absolute atomic E-state index is 0.0246. The van der Waals surface area contributed by atoms with E-state index < -0.39 is 0 Å². The van der Waals surface area contributed by atoms with Crippen molar-refractivity contribution in [2.75, 3.05) is 5.32 Å². The summed E-state index contributed by atoms with van der Waals surface area (Å²) < 4.78 is 15.0. The summed E-state index contributed by atoms with van der Waals surface area (Å²) in [6.07, 6.45) is 0.798. The molecule has 0 unspecified atom stereocenters. The molecule has 4 rings (SSSR count). The van der Waals surface area contributed by atoms with E-state index in [1.165, 1.54) is 28.8 Å². The molecule has 0 saturated heterocycles. The van der Waals surface area contributed by atoms with Crippen molar-refractivity contribution in [3.8, 4) is 0 Å². The van der Waals surface area contributed by atoms with E-state index >= 15 is 0 Å². The van der Waals surface area contributed by atoms with E-state index in [1.807, 2.05) is 0 Å². The molecule has 122 valence electrons. The van der Waals surface area contributed by atoms with Crippen molar-refractivity contribution in [2.24, 2.45) is 0 Å². The van der Waals surface area contributed by atoms with Crippen LogP contribution in [-0.4, -0.2) is 20.2 Å². The fourth-order valence-electron chi connectivity index (χ4n) is 3.20. The maximum absolute atomic E-state index is 13.3. The number of tetrazole rings is 1. The molecule has 0 amide bonds. The third-order valence-electron chi connectivity index (χ3n) is 4.74. The molecule has 0 fully saturated rings. The number of nitrogens with one attached hydrogen (secondary N) is 1. The number of fused-ring (bicyclic) bond motifs is 1. The first-order chi connectivity index (χ1) is 11.6. The van der Waals surface area contributed by atoms with E-state index in [-0.39, 0.29) is 17.9 Å². The van der Waals surface area contributed by atoms with Gasteiger partial charge >= 0.3 is 0 Å². The number of benzene rings is 2. The molecule has 24 heavy (non-hydrogen) atoms. The van der Waals surface area contributed by atoms with E-state index in [9.17, 15) is 4.39 Å². The summed E-state index contributed by atoms with van der Waals surface area (Å²) in [5.74, 6) is 0.397. The van der Waals surface area contributed by atoms with Crippen molar-refractivity contribution in [3.05, 3.63) is 70.5 Å². The number of hydrogen-bond acceptors (Lipinski definition) is 4. The topological polar surface area (TPSA) is 55.6 Å². The minimum Gasteiger partial charge on any atom is -0.346 e. The zero-order valence-corrected chi connectivity index (χ0v) is 13.6. The Labute approximate surface area is 139 Å². The Morgan fingerprint density at radius 3 is 2.54 bits per heavy atom. The van der Waals surface area contributed by atoms with Crippen molar-refractivity contribution in [2.45, 2.75) is 32.4 Å². The standard InChI is InChI=1S/C18H18FN5/c1-11-3-4-14(9-12(11)2)16-10-17(13-5-7-15(19)8-6-13)24-18(20-16)21-22-23-24/h3-9,16-17H,10H2,1-2H3,(H,20,21,23)/t16-,17-/m1/s1. The predicted octanol–water partition coefficient (Wildman–Crippen LogP) is 3.58. The molecule has 2 atom stereocenters. The van der Waals surface area contributed by atoms with Gasteiger partial charge in [0.2, 0.25) is 5.95 Å². The first kappa shape index (κ1) is 14.8. The molecule has 1 aliphatic rings. The predicted molar refractivity (Wildman–Crippen MR) is 89.3 cm³/mol. The Morgan fingerprint density at radius 1 is 1.04 bits per heavy atom. The number of halogens is 1. The fraction of sp³-hybridized carbons (Fsp3) is 0.278. The van der Waals surface area contributed by atoms with Gasteiger partial charge in [0.15, 0.2) is 0 Å². The third-order valence-corrected chi connectivity index (χ3v) is 4.74. The van der Waals surface area contributed by atoms with Crippen LogP contribution >= 0.6 is 0 Å². The highest BCUT2D eigenvalue weighted by Crippen LogP contribution is 2.37. The fourth-order valence-corrected chi connectivity index (χ4v) is 3.20. The zero-order chi connectivity index (χ0) is 16.7. The van der Waals surface area contributed by atoms with Crippen LogP contribution in [-0.2, 0) is 0 Å². The molecule has 6 heteroatoms. The van der Waals surface area contributed by atoms with Crippen LogP contribution in [0.4, 0.5) is 10.3 Å². The monoisotopic (exact) mass is 323 g/mol. The minimum atomic E-state index is -0.240.